The molecule has 1 aliphatic heterocycles. The number of methoxy groups -OCH3 is 1. The summed E-state index contributed by atoms with van der Waals surface area (Å²) in [6.45, 7) is 0. The first-order valence-electron chi connectivity index (χ1n) is 10.5. The van der Waals surface area contributed by atoms with Gasteiger partial charge in [0.25, 0.3) is 11.8 Å². The van der Waals surface area contributed by atoms with Gasteiger partial charge >= 0.3 is 0 Å². The predicted octanol–water partition coefficient (Wildman–Crippen LogP) is 4.45. The van der Waals surface area contributed by atoms with Crippen LogP contribution in [0.2, 0.25) is 0 Å². The molecule has 1 fully saturated rings. The summed E-state index contributed by atoms with van der Waals surface area (Å²) in [5.74, 6) is 0.394. The Bertz CT molecular complexity index is 953. The monoisotopic (exact) mass is 422 g/mol. The largest absolute Gasteiger partial charge is 0.497 e. The Labute approximate surface area is 181 Å². The Balaban J connectivity index is 1.48. The standard InChI is InChI=1S/C24H26N2O3S/c1-29-19-10-6-7-16(13-19)14-22-24(28)26-20-15-17(11-12-21(20)30-22)23(27)25-18-8-4-2-3-5-9-18/h6-7,10-15,18,21H,2-5,8-9H2,1H3,(H,25,27)/b22-14+. The SMILES string of the molecule is COc1cccc(/C=C2/SC3C=CC(C(=O)NC4CCCCCC4)=CC3=NC2=O)c1. The number of hydrogen-bond acceptors (Lipinski definition) is 4. The summed E-state index contributed by atoms with van der Waals surface area (Å²) < 4.78 is 5.25. The summed E-state index contributed by atoms with van der Waals surface area (Å²) in [5, 5.41) is 3.10. The summed E-state index contributed by atoms with van der Waals surface area (Å²) in [6.07, 6.45) is 14.3. The minimum absolute atomic E-state index is 0.0611. The summed E-state index contributed by atoms with van der Waals surface area (Å²) in [4.78, 5) is 30.1. The zero-order valence-corrected chi connectivity index (χ0v) is 17.9. The number of amides is 2. The van der Waals surface area contributed by atoms with Gasteiger partial charge in [-0.3, -0.25) is 9.59 Å². The number of thioether (sulfide) groups is 1. The van der Waals surface area contributed by atoms with E-state index >= 15 is 0 Å². The van der Waals surface area contributed by atoms with Gasteiger partial charge in [-0.25, -0.2) is 4.99 Å². The van der Waals surface area contributed by atoms with Gasteiger partial charge in [-0.2, -0.15) is 0 Å². The Kier molecular flexibility index (Phi) is 6.53. The molecule has 0 saturated heterocycles. The van der Waals surface area contributed by atoms with Gasteiger partial charge in [0.15, 0.2) is 0 Å². The molecule has 6 heteroatoms. The molecule has 1 aromatic carbocycles. The summed E-state index contributed by atoms with van der Waals surface area (Å²) in [6, 6.07) is 7.81. The third kappa shape index (κ3) is 4.93. The Hall–Kier alpha value is -2.60. The number of ether oxygens (including phenoxy) is 1. The number of aliphatic imine (C=N–C) groups is 1. The molecule has 1 heterocycles. The lowest BCUT2D eigenvalue weighted by Crippen LogP contribution is -2.36. The highest BCUT2D eigenvalue weighted by molar-refractivity contribution is 8.05. The molecule has 1 aromatic rings. The number of allylic oxidation sites excluding steroid dienone is 1. The average Bonchev–Trinajstić information content (AvgIpc) is 3.02. The van der Waals surface area contributed by atoms with Crippen molar-refractivity contribution in [1.82, 2.24) is 5.32 Å². The molecule has 3 aliphatic rings. The van der Waals surface area contributed by atoms with Crippen molar-refractivity contribution in [3.8, 4) is 5.75 Å². The van der Waals surface area contributed by atoms with Gasteiger partial charge < -0.3 is 10.1 Å². The fraction of sp³-hybridized carbons (Fsp3) is 0.375. The normalized spacial score (nSPS) is 23.3. The fourth-order valence-corrected chi connectivity index (χ4v) is 4.97. The molecule has 1 unspecified atom stereocenters. The molecule has 0 aromatic heterocycles. The summed E-state index contributed by atoms with van der Waals surface area (Å²) in [7, 11) is 1.62. The van der Waals surface area contributed by atoms with Gasteiger partial charge in [0.05, 0.1) is 23.0 Å². The van der Waals surface area contributed by atoms with Crippen LogP contribution in [0.4, 0.5) is 0 Å². The van der Waals surface area contributed by atoms with E-state index in [1.165, 1.54) is 37.4 Å². The first-order valence-corrected chi connectivity index (χ1v) is 11.4. The molecule has 2 amide bonds. The number of carbonyl (C=O) groups is 2. The van der Waals surface area contributed by atoms with E-state index in [1.807, 2.05) is 42.5 Å². The number of carbonyl (C=O) groups excluding carboxylic acids is 2. The predicted molar refractivity (Wildman–Crippen MR) is 122 cm³/mol. The fourth-order valence-electron chi connectivity index (χ4n) is 3.95. The van der Waals surface area contributed by atoms with Gasteiger partial charge in [0.2, 0.25) is 0 Å². The highest BCUT2D eigenvalue weighted by Crippen LogP contribution is 2.34. The Morgan fingerprint density at radius 3 is 2.80 bits per heavy atom. The lowest BCUT2D eigenvalue weighted by atomic mass is 10.0. The number of fused-ring (bicyclic) bond motifs is 1. The second-order valence-corrected chi connectivity index (χ2v) is 8.97. The van der Waals surface area contributed by atoms with E-state index in [2.05, 4.69) is 10.3 Å². The molecule has 1 saturated carbocycles. The molecule has 4 rings (SSSR count). The van der Waals surface area contributed by atoms with E-state index in [9.17, 15) is 9.59 Å². The maximum Gasteiger partial charge on any atom is 0.283 e. The molecule has 30 heavy (non-hydrogen) atoms. The first-order chi connectivity index (χ1) is 14.6. The number of nitrogens with one attached hydrogen (secondary N) is 1. The number of nitrogens with zero attached hydrogens (tertiary/aromatic N) is 1. The molecule has 5 nitrogen and oxygen atoms in total. The van der Waals surface area contributed by atoms with Gasteiger partial charge in [-0.1, -0.05) is 50.0 Å². The lowest BCUT2D eigenvalue weighted by Gasteiger charge is -2.23. The van der Waals surface area contributed by atoms with Crippen LogP contribution in [0.15, 0.2) is 58.0 Å². The van der Waals surface area contributed by atoms with Crippen LogP contribution in [0.5, 0.6) is 5.75 Å². The quantitative estimate of drug-likeness (QED) is 0.575. The van der Waals surface area contributed by atoms with Crippen molar-refractivity contribution in [2.24, 2.45) is 4.99 Å². The Morgan fingerprint density at radius 1 is 1.23 bits per heavy atom. The van der Waals surface area contributed by atoms with Gasteiger partial charge in [-0.05, 0) is 42.7 Å². The van der Waals surface area contributed by atoms with Crippen LogP contribution >= 0.6 is 11.8 Å². The smallest absolute Gasteiger partial charge is 0.283 e. The van der Waals surface area contributed by atoms with Gasteiger partial charge in [-0.15, -0.1) is 11.8 Å². The van der Waals surface area contributed by atoms with Crippen molar-refractivity contribution in [3.63, 3.8) is 0 Å². The molecule has 0 radical (unpaired) electrons. The van der Waals surface area contributed by atoms with Crippen LogP contribution < -0.4 is 10.1 Å². The van der Waals surface area contributed by atoms with Crippen molar-refractivity contribution in [3.05, 3.63) is 58.5 Å². The molecule has 0 bridgehead atoms. The van der Waals surface area contributed by atoms with E-state index in [-0.39, 0.29) is 23.1 Å². The third-order valence-corrected chi connectivity index (χ3v) is 6.78. The van der Waals surface area contributed by atoms with Crippen LogP contribution in [-0.2, 0) is 9.59 Å². The molecule has 2 aliphatic carbocycles. The second kappa shape index (κ2) is 9.47. The minimum Gasteiger partial charge on any atom is -0.497 e. The number of benzene rings is 1. The molecule has 0 spiro atoms. The zero-order valence-electron chi connectivity index (χ0n) is 17.1. The average molecular weight is 423 g/mol. The van der Waals surface area contributed by atoms with Crippen LogP contribution in [0.1, 0.15) is 44.1 Å². The molecule has 1 N–H and O–H groups in total. The van der Waals surface area contributed by atoms with Crippen LogP contribution in [0.3, 0.4) is 0 Å². The molecule has 1 atom stereocenters. The third-order valence-electron chi connectivity index (χ3n) is 5.58. The van der Waals surface area contributed by atoms with E-state index < -0.39 is 0 Å². The Morgan fingerprint density at radius 2 is 2.03 bits per heavy atom. The van der Waals surface area contributed by atoms with Crippen molar-refractivity contribution < 1.29 is 14.3 Å². The summed E-state index contributed by atoms with van der Waals surface area (Å²) in [5.41, 5.74) is 2.10. The van der Waals surface area contributed by atoms with Crippen LogP contribution in [0, 0.1) is 0 Å². The minimum atomic E-state index is -0.274. The van der Waals surface area contributed by atoms with Crippen molar-refractivity contribution >= 4 is 35.4 Å². The highest BCUT2D eigenvalue weighted by Gasteiger charge is 2.29. The highest BCUT2D eigenvalue weighted by atomic mass is 32.2. The number of hydrogen-bond donors (Lipinski definition) is 1. The molecular formula is C24H26N2O3S. The second-order valence-electron chi connectivity index (χ2n) is 7.79. The van der Waals surface area contributed by atoms with E-state index in [4.69, 9.17) is 4.74 Å². The van der Waals surface area contributed by atoms with Gasteiger partial charge in [0, 0.05) is 11.6 Å². The van der Waals surface area contributed by atoms with Crippen molar-refractivity contribution in [2.45, 2.75) is 49.8 Å². The maximum atomic E-state index is 12.7. The van der Waals surface area contributed by atoms with Crippen LogP contribution in [-0.4, -0.2) is 35.9 Å². The topological polar surface area (TPSA) is 67.8 Å². The van der Waals surface area contributed by atoms with E-state index in [1.54, 1.807) is 13.2 Å². The van der Waals surface area contributed by atoms with Crippen molar-refractivity contribution in [2.75, 3.05) is 7.11 Å². The molecular weight excluding hydrogens is 396 g/mol. The molecule has 156 valence electrons. The number of rotatable bonds is 4. The zero-order chi connectivity index (χ0) is 20.9. The maximum absolute atomic E-state index is 12.7. The summed E-state index contributed by atoms with van der Waals surface area (Å²) >= 11 is 1.46. The lowest BCUT2D eigenvalue weighted by molar-refractivity contribution is -0.118. The van der Waals surface area contributed by atoms with E-state index in [0.717, 1.165) is 24.2 Å². The van der Waals surface area contributed by atoms with Crippen LogP contribution in [0.25, 0.3) is 6.08 Å². The van der Waals surface area contributed by atoms with Gasteiger partial charge in [0.1, 0.15) is 5.75 Å². The first kappa shape index (κ1) is 20.7. The van der Waals surface area contributed by atoms with E-state index in [0.29, 0.717) is 16.2 Å². The van der Waals surface area contributed by atoms with Crippen molar-refractivity contribution in [1.29, 1.82) is 0 Å².